The number of nitrogens with zero attached hydrogens (tertiary/aromatic N) is 1. The van der Waals surface area contributed by atoms with Gasteiger partial charge in [-0.3, -0.25) is 9.89 Å². The first-order chi connectivity index (χ1) is 8.13. The highest BCUT2D eigenvalue weighted by atomic mass is 79.9. The maximum Gasteiger partial charge on any atom is 0.285 e. The lowest BCUT2D eigenvalue weighted by atomic mass is 10.3. The average Bonchev–Trinajstić information content (AvgIpc) is 2.58. The van der Waals surface area contributed by atoms with Gasteiger partial charge in [-0.1, -0.05) is 19.4 Å². The molecule has 1 heterocycles. The molecule has 0 aliphatic carbocycles. The van der Waals surface area contributed by atoms with E-state index in [1.807, 2.05) is 6.92 Å². The Labute approximate surface area is 106 Å². The molecule has 0 spiro atoms. The van der Waals surface area contributed by atoms with E-state index in [2.05, 4.69) is 21.0 Å². The number of hydrogen-bond acceptors (Lipinski definition) is 1. The summed E-state index contributed by atoms with van der Waals surface area (Å²) in [5, 5.41) is 2.98. The number of benzene rings is 1. The van der Waals surface area contributed by atoms with Crippen LogP contribution in [0, 0.1) is 5.82 Å². The van der Waals surface area contributed by atoms with E-state index >= 15 is 0 Å². The van der Waals surface area contributed by atoms with Crippen molar-refractivity contribution in [1.29, 1.82) is 0 Å². The van der Waals surface area contributed by atoms with E-state index in [1.54, 1.807) is 12.1 Å². The van der Waals surface area contributed by atoms with E-state index in [4.69, 9.17) is 0 Å². The van der Waals surface area contributed by atoms with E-state index in [0.717, 1.165) is 18.5 Å². The van der Waals surface area contributed by atoms with Gasteiger partial charge in [0.1, 0.15) is 10.3 Å². The fourth-order valence-electron chi connectivity index (χ4n) is 1.67. The highest BCUT2D eigenvalue weighted by molar-refractivity contribution is 9.10. The van der Waals surface area contributed by atoms with Crippen LogP contribution in [0.4, 0.5) is 4.39 Å². The van der Waals surface area contributed by atoms with Gasteiger partial charge in [-0.05, 0) is 40.5 Å². The first-order valence-corrected chi connectivity index (χ1v) is 6.18. The van der Waals surface area contributed by atoms with Crippen molar-refractivity contribution in [3.8, 4) is 5.69 Å². The minimum Gasteiger partial charge on any atom is -0.294 e. The second kappa shape index (κ2) is 4.87. The van der Waals surface area contributed by atoms with Gasteiger partial charge in [0.25, 0.3) is 5.56 Å². The Morgan fingerprint density at radius 1 is 1.47 bits per heavy atom. The van der Waals surface area contributed by atoms with Crippen LogP contribution < -0.4 is 5.56 Å². The fraction of sp³-hybridized carbons (Fsp3) is 0.250. The molecule has 0 radical (unpaired) electrons. The van der Waals surface area contributed by atoms with Crippen molar-refractivity contribution in [2.24, 2.45) is 0 Å². The van der Waals surface area contributed by atoms with Gasteiger partial charge in [0, 0.05) is 0 Å². The molecule has 1 aromatic heterocycles. The average molecular weight is 299 g/mol. The quantitative estimate of drug-likeness (QED) is 0.929. The van der Waals surface area contributed by atoms with Crippen molar-refractivity contribution in [3.63, 3.8) is 0 Å². The first kappa shape index (κ1) is 12.1. The van der Waals surface area contributed by atoms with Crippen molar-refractivity contribution >= 4 is 15.9 Å². The maximum atomic E-state index is 13.1. The summed E-state index contributed by atoms with van der Waals surface area (Å²) in [6, 6.07) is 5.92. The smallest absolute Gasteiger partial charge is 0.285 e. The van der Waals surface area contributed by atoms with Crippen LogP contribution in [-0.4, -0.2) is 9.78 Å². The molecule has 0 unspecified atom stereocenters. The third kappa shape index (κ3) is 2.34. The topological polar surface area (TPSA) is 37.8 Å². The molecule has 5 heteroatoms. The summed E-state index contributed by atoms with van der Waals surface area (Å²) >= 11 is 3.26. The zero-order chi connectivity index (χ0) is 12.4. The molecule has 2 aromatic rings. The molecule has 0 amide bonds. The fourth-order valence-corrected chi connectivity index (χ4v) is 2.14. The second-order valence-electron chi connectivity index (χ2n) is 3.77. The summed E-state index contributed by atoms with van der Waals surface area (Å²) in [4.78, 5) is 11.9. The Morgan fingerprint density at radius 3 is 2.88 bits per heavy atom. The minimum absolute atomic E-state index is 0.195. The molecule has 3 nitrogen and oxygen atoms in total. The van der Waals surface area contributed by atoms with Crippen molar-refractivity contribution in [3.05, 3.63) is 50.6 Å². The van der Waals surface area contributed by atoms with Crippen LogP contribution in [0.2, 0.25) is 0 Å². The number of aromatic nitrogens is 2. The highest BCUT2D eigenvalue weighted by Crippen LogP contribution is 2.14. The summed E-state index contributed by atoms with van der Waals surface area (Å²) in [6.07, 6.45) is 1.71. The van der Waals surface area contributed by atoms with Crippen LogP contribution in [0.3, 0.4) is 0 Å². The molecule has 90 valence electrons. The van der Waals surface area contributed by atoms with Crippen molar-refractivity contribution in [2.75, 3.05) is 0 Å². The molecule has 17 heavy (non-hydrogen) atoms. The number of rotatable bonds is 3. The van der Waals surface area contributed by atoms with Crippen molar-refractivity contribution in [2.45, 2.75) is 19.8 Å². The Bertz CT molecular complexity index is 588. The Balaban J connectivity index is 2.53. The summed E-state index contributed by atoms with van der Waals surface area (Å²) < 4.78 is 15.0. The summed E-state index contributed by atoms with van der Waals surface area (Å²) in [5.74, 6) is -0.364. The zero-order valence-electron chi connectivity index (χ0n) is 9.34. The van der Waals surface area contributed by atoms with Crippen LogP contribution in [0.1, 0.15) is 19.0 Å². The van der Waals surface area contributed by atoms with Gasteiger partial charge in [0.15, 0.2) is 0 Å². The highest BCUT2D eigenvalue weighted by Gasteiger charge is 2.12. The molecule has 0 saturated heterocycles. The molecule has 2 rings (SSSR count). The molecule has 0 saturated carbocycles. The predicted octanol–water partition coefficient (Wildman–Crippen LogP) is 3.02. The molecule has 1 aromatic carbocycles. The van der Waals surface area contributed by atoms with Crippen LogP contribution in [-0.2, 0) is 6.42 Å². The summed E-state index contributed by atoms with van der Waals surface area (Å²) in [6.45, 7) is 2.03. The third-order valence-corrected chi connectivity index (χ3v) is 3.29. The van der Waals surface area contributed by atoms with Gasteiger partial charge in [-0.25, -0.2) is 9.07 Å². The van der Waals surface area contributed by atoms with E-state index in [1.165, 1.54) is 16.8 Å². The lowest BCUT2D eigenvalue weighted by Gasteiger charge is -2.01. The number of hydrogen-bond donors (Lipinski definition) is 1. The number of aryl methyl sites for hydroxylation is 1. The van der Waals surface area contributed by atoms with Crippen LogP contribution in [0.25, 0.3) is 5.69 Å². The molecular formula is C12H12BrFN2O. The van der Waals surface area contributed by atoms with Crippen LogP contribution >= 0.6 is 15.9 Å². The Hall–Kier alpha value is -1.36. The van der Waals surface area contributed by atoms with Gasteiger partial charge in [0.2, 0.25) is 0 Å². The molecule has 1 N–H and O–H groups in total. The van der Waals surface area contributed by atoms with Crippen molar-refractivity contribution in [1.82, 2.24) is 9.78 Å². The summed E-state index contributed by atoms with van der Waals surface area (Å²) in [7, 11) is 0. The van der Waals surface area contributed by atoms with E-state index in [0.29, 0.717) is 10.2 Å². The van der Waals surface area contributed by atoms with E-state index in [-0.39, 0.29) is 11.4 Å². The number of nitrogens with one attached hydrogen (secondary N) is 1. The number of H-pyrrole nitrogens is 1. The van der Waals surface area contributed by atoms with Gasteiger partial charge in [-0.2, -0.15) is 0 Å². The SMILES string of the molecule is CCCc1[nH]n(-c2cccc(F)c2)c(=O)c1Br. The monoisotopic (exact) mass is 298 g/mol. The second-order valence-corrected chi connectivity index (χ2v) is 4.57. The van der Waals surface area contributed by atoms with E-state index < -0.39 is 0 Å². The molecule has 0 fully saturated rings. The minimum atomic E-state index is -0.364. The van der Waals surface area contributed by atoms with Gasteiger partial charge in [0.05, 0.1) is 11.4 Å². The lowest BCUT2D eigenvalue weighted by molar-refractivity contribution is 0.624. The number of aromatic amines is 1. The molecule has 0 aliphatic rings. The van der Waals surface area contributed by atoms with Gasteiger partial charge in [-0.15, -0.1) is 0 Å². The molecule has 0 bridgehead atoms. The molecule has 0 atom stereocenters. The molecular weight excluding hydrogens is 287 g/mol. The lowest BCUT2D eigenvalue weighted by Crippen LogP contribution is -2.14. The normalized spacial score (nSPS) is 10.8. The van der Waals surface area contributed by atoms with Gasteiger partial charge >= 0.3 is 0 Å². The van der Waals surface area contributed by atoms with Crippen molar-refractivity contribution < 1.29 is 4.39 Å². The molecule has 0 aliphatic heterocycles. The third-order valence-electron chi connectivity index (χ3n) is 2.47. The standard InChI is InChI=1S/C12H12BrFN2O/c1-2-4-10-11(13)12(17)16(15-10)9-6-3-5-8(14)7-9/h3,5-7,15H,2,4H2,1H3. The summed E-state index contributed by atoms with van der Waals surface area (Å²) in [5.41, 5.74) is 1.14. The predicted molar refractivity (Wildman–Crippen MR) is 68.0 cm³/mol. The van der Waals surface area contributed by atoms with Crippen LogP contribution in [0.5, 0.6) is 0 Å². The number of halogens is 2. The first-order valence-electron chi connectivity index (χ1n) is 5.38. The largest absolute Gasteiger partial charge is 0.294 e. The Kier molecular flexibility index (Phi) is 3.47. The maximum absolute atomic E-state index is 13.1. The Morgan fingerprint density at radius 2 is 2.24 bits per heavy atom. The van der Waals surface area contributed by atoms with Crippen LogP contribution in [0.15, 0.2) is 33.5 Å². The zero-order valence-corrected chi connectivity index (χ0v) is 10.9. The van der Waals surface area contributed by atoms with Gasteiger partial charge < -0.3 is 0 Å². The van der Waals surface area contributed by atoms with E-state index in [9.17, 15) is 9.18 Å².